The Morgan fingerprint density at radius 2 is 2.25 bits per heavy atom. The predicted octanol–water partition coefficient (Wildman–Crippen LogP) is 2.88. The van der Waals surface area contributed by atoms with Gasteiger partial charge in [-0.15, -0.1) is 11.3 Å². The zero-order chi connectivity index (χ0) is 11.5. The van der Waals surface area contributed by atoms with Crippen molar-refractivity contribution in [3.8, 4) is 0 Å². The first-order valence-corrected chi connectivity index (χ1v) is 6.49. The molecule has 1 aromatic rings. The molecule has 0 amide bonds. The molecule has 2 heterocycles. The largest absolute Gasteiger partial charge is 0.384 e. The van der Waals surface area contributed by atoms with Crippen molar-refractivity contribution in [1.82, 2.24) is 5.32 Å². The molecule has 0 saturated carbocycles. The molecule has 0 fully saturated rings. The lowest BCUT2D eigenvalue weighted by Crippen LogP contribution is -2.19. The van der Waals surface area contributed by atoms with E-state index in [2.05, 4.69) is 37.4 Å². The van der Waals surface area contributed by atoms with Crippen molar-refractivity contribution in [3.05, 3.63) is 39.2 Å². The van der Waals surface area contributed by atoms with Crippen molar-refractivity contribution in [2.24, 2.45) is 5.73 Å². The standard InChI is InChI=1S/C13H18N2S/c1-3-10-6-12(9(2)15-8-10)13-5-4-11(7-14)16-13/h4-6,15H,3,7-8,14H2,1-2H3. The topological polar surface area (TPSA) is 38.0 Å². The maximum atomic E-state index is 5.64. The second-order valence-electron chi connectivity index (χ2n) is 4.02. The summed E-state index contributed by atoms with van der Waals surface area (Å²) in [6.07, 6.45) is 3.43. The van der Waals surface area contributed by atoms with Crippen LogP contribution < -0.4 is 11.1 Å². The van der Waals surface area contributed by atoms with Gasteiger partial charge >= 0.3 is 0 Å². The average Bonchev–Trinajstić information content (AvgIpc) is 2.78. The van der Waals surface area contributed by atoms with Gasteiger partial charge in [0.1, 0.15) is 0 Å². The van der Waals surface area contributed by atoms with Crippen LogP contribution in [0.5, 0.6) is 0 Å². The monoisotopic (exact) mass is 234 g/mol. The molecule has 0 aliphatic carbocycles. The summed E-state index contributed by atoms with van der Waals surface area (Å²) in [5.74, 6) is 0. The van der Waals surface area contributed by atoms with E-state index in [1.165, 1.54) is 26.6 Å². The summed E-state index contributed by atoms with van der Waals surface area (Å²) >= 11 is 1.79. The van der Waals surface area contributed by atoms with E-state index in [9.17, 15) is 0 Å². The molecule has 0 unspecified atom stereocenters. The lowest BCUT2D eigenvalue weighted by atomic mass is 10.0. The van der Waals surface area contributed by atoms with Crippen LogP contribution in [0.4, 0.5) is 0 Å². The minimum absolute atomic E-state index is 0.634. The van der Waals surface area contributed by atoms with E-state index in [4.69, 9.17) is 5.73 Å². The number of nitrogens with one attached hydrogen (secondary N) is 1. The van der Waals surface area contributed by atoms with Gasteiger partial charge in [0.15, 0.2) is 0 Å². The molecule has 16 heavy (non-hydrogen) atoms. The summed E-state index contributed by atoms with van der Waals surface area (Å²) in [7, 11) is 0. The molecule has 0 aromatic carbocycles. The van der Waals surface area contributed by atoms with E-state index in [-0.39, 0.29) is 0 Å². The summed E-state index contributed by atoms with van der Waals surface area (Å²) in [6, 6.07) is 4.29. The number of allylic oxidation sites excluding steroid dienone is 3. The normalized spacial score (nSPS) is 16.1. The fraction of sp³-hybridized carbons (Fsp3) is 0.385. The summed E-state index contributed by atoms with van der Waals surface area (Å²) in [5, 5.41) is 3.45. The number of thiophene rings is 1. The third-order valence-electron chi connectivity index (χ3n) is 2.92. The maximum Gasteiger partial charge on any atom is 0.0363 e. The Morgan fingerprint density at radius 1 is 1.44 bits per heavy atom. The van der Waals surface area contributed by atoms with E-state index in [1.54, 1.807) is 11.3 Å². The molecule has 86 valence electrons. The second-order valence-corrected chi connectivity index (χ2v) is 5.19. The van der Waals surface area contributed by atoms with Crippen LogP contribution in [0.25, 0.3) is 5.57 Å². The first kappa shape index (κ1) is 11.4. The molecule has 3 N–H and O–H groups in total. The fourth-order valence-electron chi connectivity index (χ4n) is 1.82. The lowest BCUT2D eigenvalue weighted by molar-refractivity contribution is 0.828. The number of rotatable bonds is 3. The van der Waals surface area contributed by atoms with Crippen LogP contribution in [0.3, 0.4) is 0 Å². The lowest BCUT2D eigenvalue weighted by Gasteiger charge is -2.18. The zero-order valence-electron chi connectivity index (χ0n) is 9.84. The molecular formula is C13H18N2S. The minimum atomic E-state index is 0.634. The van der Waals surface area contributed by atoms with Gasteiger partial charge in [0.25, 0.3) is 0 Å². The van der Waals surface area contributed by atoms with E-state index in [1.807, 2.05) is 0 Å². The quantitative estimate of drug-likeness (QED) is 0.844. The van der Waals surface area contributed by atoms with Crippen LogP contribution in [0, 0.1) is 0 Å². The van der Waals surface area contributed by atoms with Crippen molar-refractivity contribution in [2.45, 2.75) is 26.8 Å². The van der Waals surface area contributed by atoms with Gasteiger partial charge in [0.05, 0.1) is 0 Å². The van der Waals surface area contributed by atoms with Crippen LogP contribution in [0.15, 0.2) is 29.5 Å². The highest BCUT2D eigenvalue weighted by atomic mass is 32.1. The molecule has 1 aliphatic heterocycles. The Balaban J connectivity index is 2.34. The Bertz CT molecular complexity index is 441. The zero-order valence-corrected chi connectivity index (χ0v) is 10.7. The first-order chi connectivity index (χ1) is 7.74. The number of hydrogen-bond acceptors (Lipinski definition) is 3. The van der Waals surface area contributed by atoms with Crippen molar-refractivity contribution in [1.29, 1.82) is 0 Å². The average molecular weight is 234 g/mol. The van der Waals surface area contributed by atoms with Gasteiger partial charge in [-0.2, -0.15) is 0 Å². The van der Waals surface area contributed by atoms with Gasteiger partial charge in [0, 0.05) is 34.1 Å². The van der Waals surface area contributed by atoms with E-state index < -0.39 is 0 Å². The molecule has 0 bridgehead atoms. The summed E-state index contributed by atoms with van der Waals surface area (Å²) in [4.78, 5) is 2.56. The molecule has 1 aromatic heterocycles. The second kappa shape index (κ2) is 4.85. The first-order valence-electron chi connectivity index (χ1n) is 5.68. The van der Waals surface area contributed by atoms with Crippen LogP contribution in [0.2, 0.25) is 0 Å². The van der Waals surface area contributed by atoms with Crippen molar-refractivity contribution in [3.63, 3.8) is 0 Å². The minimum Gasteiger partial charge on any atom is -0.384 e. The Morgan fingerprint density at radius 3 is 2.88 bits per heavy atom. The van der Waals surface area contributed by atoms with Gasteiger partial charge in [-0.25, -0.2) is 0 Å². The molecular weight excluding hydrogens is 216 g/mol. The van der Waals surface area contributed by atoms with E-state index in [0.29, 0.717) is 6.54 Å². The van der Waals surface area contributed by atoms with Gasteiger partial charge in [-0.05, 0) is 25.5 Å². The highest BCUT2D eigenvalue weighted by Gasteiger charge is 2.12. The van der Waals surface area contributed by atoms with Gasteiger partial charge < -0.3 is 11.1 Å². The van der Waals surface area contributed by atoms with Gasteiger partial charge in [-0.3, -0.25) is 0 Å². The highest BCUT2D eigenvalue weighted by Crippen LogP contribution is 2.30. The molecule has 2 nitrogen and oxygen atoms in total. The van der Waals surface area contributed by atoms with Crippen LogP contribution in [-0.2, 0) is 6.54 Å². The van der Waals surface area contributed by atoms with Crippen LogP contribution >= 0.6 is 11.3 Å². The van der Waals surface area contributed by atoms with Crippen molar-refractivity contribution in [2.75, 3.05) is 6.54 Å². The molecule has 0 saturated heterocycles. The molecule has 3 heteroatoms. The van der Waals surface area contributed by atoms with Crippen LogP contribution in [-0.4, -0.2) is 6.54 Å². The fourth-order valence-corrected chi connectivity index (χ4v) is 2.78. The predicted molar refractivity (Wildman–Crippen MR) is 71.2 cm³/mol. The van der Waals surface area contributed by atoms with E-state index >= 15 is 0 Å². The highest BCUT2D eigenvalue weighted by molar-refractivity contribution is 7.13. The number of dihydropyridines is 1. The smallest absolute Gasteiger partial charge is 0.0363 e. The van der Waals surface area contributed by atoms with Gasteiger partial charge in [-0.1, -0.05) is 18.6 Å². The Labute approximate surface area is 101 Å². The molecule has 0 atom stereocenters. The summed E-state index contributed by atoms with van der Waals surface area (Å²) in [6.45, 7) is 5.96. The summed E-state index contributed by atoms with van der Waals surface area (Å²) in [5.41, 5.74) is 9.70. The van der Waals surface area contributed by atoms with Crippen molar-refractivity contribution < 1.29 is 0 Å². The molecule has 0 radical (unpaired) electrons. The summed E-state index contributed by atoms with van der Waals surface area (Å²) < 4.78 is 0. The number of hydrogen-bond donors (Lipinski definition) is 2. The van der Waals surface area contributed by atoms with Gasteiger partial charge in [0.2, 0.25) is 0 Å². The molecule has 1 aliphatic rings. The maximum absolute atomic E-state index is 5.64. The third kappa shape index (κ3) is 2.20. The third-order valence-corrected chi connectivity index (χ3v) is 4.06. The van der Waals surface area contributed by atoms with Crippen LogP contribution in [0.1, 0.15) is 30.0 Å². The molecule has 2 rings (SSSR count). The van der Waals surface area contributed by atoms with Crippen molar-refractivity contribution >= 4 is 16.9 Å². The molecule has 0 spiro atoms. The Hall–Kier alpha value is -1.06. The van der Waals surface area contributed by atoms with E-state index in [0.717, 1.165) is 13.0 Å². The number of nitrogens with two attached hydrogens (primary N) is 1. The Kier molecular flexibility index (Phi) is 3.46. The SMILES string of the molecule is CCC1=CC(c2ccc(CN)s2)=C(C)NC1.